The van der Waals surface area contributed by atoms with Crippen LogP contribution in [0.5, 0.6) is 0 Å². The summed E-state index contributed by atoms with van der Waals surface area (Å²) in [6.07, 6.45) is 9.68. The van der Waals surface area contributed by atoms with Gasteiger partial charge in [0, 0.05) is 18.5 Å². The van der Waals surface area contributed by atoms with Gasteiger partial charge in [0.2, 0.25) is 5.91 Å². The van der Waals surface area contributed by atoms with Crippen LogP contribution in [0, 0.1) is 17.3 Å². The van der Waals surface area contributed by atoms with Gasteiger partial charge in [0.05, 0.1) is 0 Å². The molecule has 104 valence electrons. The molecular formula is C16H29NO. The van der Waals surface area contributed by atoms with E-state index >= 15 is 0 Å². The smallest absolute Gasteiger partial charge is 0.227 e. The van der Waals surface area contributed by atoms with Crippen LogP contribution in [0.2, 0.25) is 0 Å². The minimum absolute atomic E-state index is 0.211. The van der Waals surface area contributed by atoms with Crippen LogP contribution in [0.15, 0.2) is 0 Å². The lowest BCUT2D eigenvalue weighted by molar-refractivity contribution is -0.141. The Balaban J connectivity index is 1.82. The molecule has 1 aliphatic heterocycles. The van der Waals surface area contributed by atoms with E-state index in [-0.39, 0.29) is 5.41 Å². The average Bonchev–Trinajstić information content (AvgIpc) is 2.38. The Morgan fingerprint density at radius 2 is 1.39 bits per heavy atom. The number of rotatable bonds is 1. The van der Waals surface area contributed by atoms with Crippen molar-refractivity contribution in [2.75, 3.05) is 13.1 Å². The molecule has 1 saturated heterocycles. The summed E-state index contributed by atoms with van der Waals surface area (Å²) in [4.78, 5) is 14.3. The predicted octanol–water partition coefficient (Wildman–Crippen LogP) is 3.85. The summed E-state index contributed by atoms with van der Waals surface area (Å²) in [6, 6.07) is 0. The third-order valence-electron chi connectivity index (χ3n) is 4.78. The Labute approximate surface area is 112 Å². The summed E-state index contributed by atoms with van der Waals surface area (Å²) >= 11 is 0. The molecule has 0 atom stereocenters. The number of likely N-dealkylation sites (tertiary alicyclic amines) is 1. The zero-order valence-corrected chi connectivity index (χ0v) is 12.4. The number of nitrogens with zero attached hydrogens (tertiary/aromatic N) is 1. The van der Waals surface area contributed by atoms with Crippen LogP contribution in [0.25, 0.3) is 0 Å². The molecule has 0 N–H and O–H groups in total. The number of carbonyl (C=O) groups excluding carboxylic acids is 1. The van der Waals surface area contributed by atoms with Crippen LogP contribution < -0.4 is 0 Å². The molecule has 2 rings (SSSR count). The molecule has 1 aliphatic carbocycles. The predicted molar refractivity (Wildman–Crippen MR) is 75.3 cm³/mol. The van der Waals surface area contributed by atoms with Crippen LogP contribution >= 0.6 is 0 Å². The fourth-order valence-corrected chi connectivity index (χ4v) is 3.65. The van der Waals surface area contributed by atoms with E-state index < -0.39 is 0 Å². The molecule has 0 aromatic heterocycles. The van der Waals surface area contributed by atoms with Gasteiger partial charge in [0.1, 0.15) is 0 Å². The van der Waals surface area contributed by atoms with Gasteiger partial charge in [-0.05, 0) is 24.7 Å². The van der Waals surface area contributed by atoms with Gasteiger partial charge in [-0.2, -0.15) is 0 Å². The van der Waals surface area contributed by atoms with E-state index in [0.29, 0.717) is 5.91 Å². The summed E-state index contributed by atoms with van der Waals surface area (Å²) in [7, 11) is 0. The Kier molecular flexibility index (Phi) is 4.34. The van der Waals surface area contributed by atoms with Gasteiger partial charge >= 0.3 is 0 Å². The molecule has 2 nitrogen and oxygen atoms in total. The Morgan fingerprint density at radius 1 is 0.889 bits per heavy atom. The highest BCUT2D eigenvalue weighted by molar-refractivity contribution is 5.81. The fraction of sp³-hybridized carbons (Fsp3) is 0.938. The highest BCUT2D eigenvalue weighted by Gasteiger charge is 2.32. The van der Waals surface area contributed by atoms with Gasteiger partial charge in [-0.1, -0.05) is 52.9 Å². The SMILES string of the molecule is CC(C)(C)C(=O)N1CCC(C2CCCCC2)CC1. The van der Waals surface area contributed by atoms with Crippen molar-refractivity contribution in [2.24, 2.45) is 17.3 Å². The molecule has 0 unspecified atom stereocenters. The maximum Gasteiger partial charge on any atom is 0.227 e. The number of hydrogen-bond donors (Lipinski definition) is 0. The Morgan fingerprint density at radius 3 is 1.89 bits per heavy atom. The first-order valence-electron chi connectivity index (χ1n) is 7.78. The lowest BCUT2D eigenvalue weighted by Gasteiger charge is -2.39. The van der Waals surface area contributed by atoms with Crippen molar-refractivity contribution in [3.63, 3.8) is 0 Å². The minimum atomic E-state index is -0.211. The number of piperidine rings is 1. The van der Waals surface area contributed by atoms with Gasteiger partial charge in [-0.15, -0.1) is 0 Å². The monoisotopic (exact) mass is 251 g/mol. The summed E-state index contributed by atoms with van der Waals surface area (Å²) in [5, 5.41) is 0. The van der Waals surface area contributed by atoms with Gasteiger partial charge in [0.25, 0.3) is 0 Å². The summed E-state index contributed by atoms with van der Waals surface area (Å²) in [5.41, 5.74) is -0.211. The van der Waals surface area contributed by atoms with Gasteiger partial charge in [-0.3, -0.25) is 4.79 Å². The van der Waals surface area contributed by atoms with E-state index in [0.717, 1.165) is 24.9 Å². The van der Waals surface area contributed by atoms with Crippen LogP contribution in [0.3, 0.4) is 0 Å². The molecular weight excluding hydrogens is 222 g/mol. The zero-order valence-electron chi connectivity index (χ0n) is 12.4. The molecule has 2 aliphatic rings. The maximum absolute atomic E-state index is 12.2. The second-order valence-electron chi connectivity index (χ2n) is 7.28. The maximum atomic E-state index is 12.2. The first-order valence-corrected chi connectivity index (χ1v) is 7.78. The van der Waals surface area contributed by atoms with Crippen LogP contribution in [-0.4, -0.2) is 23.9 Å². The van der Waals surface area contributed by atoms with E-state index in [1.807, 2.05) is 20.8 Å². The van der Waals surface area contributed by atoms with E-state index in [1.54, 1.807) is 0 Å². The standard InChI is InChI=1S/C16H29NO/c1-16(2,3)15(18)17-11-9-14(10-12-17)13-7-5-4-6-8-13/h13-14H,4-12H2,1-3H3. The normalized spacial score (nSPS) is 24.3. The molecule has 2 fully saturated rings. The molecule has 0 bridgehead atoms. The third kappa shape index (κ3) is 3.27. The van der Waals surface area contributed by atoms with E-state index in [9.17, 15) is 4.79 Å². The van der Waals surface area contributed by atoms with Crippen molar-refractivity contribution >= 4 is 5.91 Å². The van der Waals surface area contributed by atoms with Crippen LogP contribution in [0.1, 0.15) is 65.7 Å². The first kappa shape index (κ1) is 13.9. The van der Waals surface area contributed by atoms with Crippen molar-refractivity contribution in [3.8, 4) is 0 Å². The highest BCUT2D eigenvalue weighted by Crippen LogP contribution is 2.36. The van der Waals surface area contributed by atoms with Crippen LogP contribution in [-0.2, 0) is 4.79 Å². The summed E-state index contributed by atoms with van der Waals surface area (Å²) < 4.78 is 0. The fourth-order valence-electron chi connectivity index (χ4n) is 3.65. The largest absolute Gasteiger partial charge is 0.342 e. The molecule has 2 heteroatoms. The molecule has 1 heterocycles. The van der Waals surface area contributed by atoms with Crippen molar-refractivity contribution in [1.82, 2.24) is 4.90 Å². The quantitative estimate of drug-likeness (QED) is 0.693. The minimum Gasteiger partial charge on any atom is -0.342 e. The lowest BCUT2D eigenvalue weighted by atomic mass is 9.75. The lowest BCUT2D eigenvalue weighted by Crippen LogP contribution is -2.45. The van der Waals surface area contributed by atoms with Crippen LogP contribution in [0.4, 0.5) is 0 Å². The summed E-state index contributed by atoms with van der Waals surface area (Å²) in [5.74, 6) is 2.20. The Hall–Kier alpha value is -0.530. The molecule has 0 radical (unpaired) electrons. The first-order chi connectivity index (χ1) is 8.48. The molecule has 0 aromatic rings. The zero-order chi connectivity index (χ0) is 13.2. The third-order valence-corrected chi connectivity index (χ3v) is 4.78. The van der Waals surface area contributed by atoms with Gasteiger partial charge < -0.3 is 4.90 Å². The van der Waals surface area contributed by atoms with E-state index in [4.69, 9.17) is 0 Å². The number of carbonyl (C=O) groups is 1. The second kappa shape index (κ2) is 5.63. The highest BCUT2D eigenvalue weighted by atomic mass is 16.2. The number of hydrogen-bond acceptors (Lipinski definition) is 1. The summed E-state index contributed by atoms with van der Waals surface area (Å²) in [6.45, 7) is 8.09. The number of amides is 1. The van der Waals surface area contributed by atoms with Gasteiger partial charge in [-0.25, -0.2) is 0 Å². The van der Waals surface area contributed by atoms with Crippen molar-refractivity contribution in [1.29, 1.82) is 0 Å². The average molecular weight is 251 g/mol. The molecule has 0 aromatic carbocycles. The Bertz CT molecular complexity index is 278. The van der Waals surface area contributed by atoms with E-state index in [2.05, 4.69) is 4.90 Å². The molecule has 1 saturated carbocycles. The molecule has 1 amide bonds. The molecule has 0 spiro atoms. The van der Waals surface area contributed by atoms with Gasteiger partial charge in [0.15, 0.2) is 0 Å². The van der Waals surface area contributed by atoms with Crippen molar-refractivity contribution < 1.29 is 4.79 Å². The van der Waals surface area contributed by atoms with E-state index in [1.165, 1.54) is 44.9 Å². The van der Waals surface area contributed by atoms with Crippen molar-refractivity contribution in [3.05, 3.63) is 0 Å². The van der Waals surface area contributed by atoms with Crippen molar-refractivity contribution in [2.45, 2.75) is 65.7 Å². The topological polar surface area (TPSA) is 20.3 Å². The molecule has 18 heavy (non-hydrogen) atoms. The second-order valence-corrected chi connectivity index (χ2v) is 7.28.